The Morgan fingerprint density at radius 1 is 1.04 bits per heavy atom. The Balaban J connectivity index is 1.94. The first-order chi connectivity index (χ1) is 11.8. The Hall–Kier alpha value is -2.92. The molecule has 0 saturated heterocycles. The van der Waals surface area contributed by atoms with Crippen molar-refractivity contribution in [2.24, 2.45) is 0 Å². The van der Waals surface area contributed by atoms with Crippen molar-refractivity contribution in [2.75, 3.05) is 7.11 Å². The zero-order chi connectivity index (χ0) is 16.5. The highest BCUT2D eigenvalue weighted by Gasteiger charge is 2.14. The van der Waals surface area contributed by atoms with Gasteiger partial charge in [0.15, 0.2) is 5.65 Å². The summed E-state index contributed by atoms with van der Waals surface area (Å²) in [6.45, 7) is 0. The summed E-state index contributed by atoms with van der Waals surface area (Å²) in [5.74, 6) is 0.725. The summed E-state index contributed by atoms with van der Waals surface area (Å²) >= 11 is 6.18. The van der Waals surface area contributed by atoms with E-state index in [0.29, 0.717) is 5.02 Å². The van der Waals surface area contributed by atoms with Crippen LogP contribution in [0.3, 0.4) is 0 Å². The third-order valence-corrected chi connectivity index (χ3v) is 4.05. The molecule has 4 aromatic rings. The van der Waals surface area contributed by atoms with Gasteiger partial charge in [0.1, 0.15) is 12.1 Å². The number of hydrogen-bond donors (Lipinski definition) is 0. The van der Waals surface area contributed by atoms with E-state index < -0.39 is 0 Å². The van der Waals surface area contributed by atoms with E-state index in [1.807, 2.05) is 42.6 Å². The van der Waals surface area contributed by atoms with E-state index in [1.165, 1.54) is 6.33 Å². The molecule has 0 spiro atoms. The highest BCUT2D eigenvalue weighted by Crippen LogP contribution is 2.37. The summed E-state index contributed by atoms with van der Waals surface area (Å²) in [6, 6.07) is 13.4. The Morgan fingerprint density at radius 3 is 2.83 bits per heavy atom. The molecule has 0 aliphatic carbocycles. The lowest BCUT2D eigenvalue weighted by atomic mass is 9.99. The average Bonchev–Trinajstić information content (AvgIpc) is 3.09. The van der Waals surface area contributed by atoms with Crippen molar-refractivity contribution in [3.8, 4) is 28.1 Å². The fourth-order valence-corrected chi connectivity index (χ4v) is 2.87. The van der Waals surface area contributed by atoms with Gasteiger partial charge in [-0.3, -0.25) is 4.98 Å². The number of ether oxygens (including phenoxy) is 1. The number of aromatic nitrogens is 4. The second-order valence-electron chi connectivity index (χ2n) is 5.22. The molecule has 0 aliphatic heterocycles. The van der Waals surface area contributed by atoms with Gasteiger partial charge in [-0.05, 0) is 42.0 Å². The van der Waals surface area contributed by atoms with Crippen LogP contribution >= 0.6 is 11.6 Å². The van der Waals surface area contributed by atoms with E-state index in [-0.39, 0.29) is 0 Å². The van der Waals surface area contributed by atoms with Crippen LogP contribution in [0.15, 0.2) is 61.2 Å². The predicted molar refractivity (Wildman–Crippen MR) is 93.2 cm³/mol. The molecule has 1 aromatic carbocycles. The number of methoxy groups -OCH3 is 1. The lowest BCUT2D eigenvalue weighted by Crippen LogP contribution is -1.94. The highest BCUT2D eigenvalue weighted by molar-refractivity contribution is 6.31. The van der Waals surface area contributed by atoms with Crippen LogP contribution in [0.5, 0.6) is 5.75 Å². The normalized spacial score (nSPS) is 10.9. The third kappa shape index (κ3) is 2.49. The van der Waals surface area contributed by atoms with Gasteiger partial charge in [0.05, 0.1) is 12.8 Å². The second kappa shape index (κ2) is 5.94. The van der Waals surface area contributed by atoms with Crippen molar-refractivity contribution in [2.45, 2.75) is 0 Å². The Bertz CT molecular complexity index is 1030. The molecule has 0 aliphatic rings. The monoisotopic (exact) mass is 336 g/mol. The molecule has 0 unspecified atom stereocenters. The Kier molecular flexibility index (Phi) is 3.63. The second-order valence-corrected chi connectivity index (χ2v) is 5.66. The molecular formula is C18H13ClN4O. The molecule has 0 bridgehead atoms. The van der Waals surface area contributed by atoms with E-state index in [9.17, 15) is 0 Å². The molecule has 0 radical (unpaired) electrons. The first-order valence-corrected chi connectivity index (χ1v) is 7.73. The van der Waals surface area contributed by atoms with E-state index in [2.05, 4.69) is 15.1 Å². The first kappa shape index (κ1) is 14.7. The van der Waals surface area contributed by atoms with Crippen LogP contribution in [-0.4, -0.2) is 26.7 Å². The minimum atomic E-state index is 0.635. The molecule has 0 amide bonds. The summed E-state index contributed by atoms with van der Waals surface area (Å²) in [5, 5.41) is 4.76. The molecule has 3 heterocycles. The molecule has 4 rings (SSSR count). The van der Waals surface area contributed by atoms with Gasteiger partial charge in [-0.25, -0.2) is 9.50 Å². The molecule has 3 aromatic heterocycles. The number of pyridine rings is 2. The zero-order valence-corrected chi connectivity index (χ0v) is 13.6. The zero-order valence-electron chi connectivity index (χ0n) is 12.8. The van der Waals surface area contributed by atoms with E-state index in [1.54, 1.807) is 23.9 Å². The van der Waals surface area contributed by atoms with Gasteiger partial charge >= 0.3 is 0 Å². The van der Waals surface area contributed by atoms with Crippen LogP contribution in [0.1, 0.15) is 0 Å². The van der Waals surface area contributed by atoms with E-state index in [0.717, 1.165) is 33.8 Å². The molecule has 5 nitrogen and oxygen atoms in total. The summed E-state index contributed by atoms with van der Waals surface area (Å²) in [6.07, 6.45) is 5.17. The van der Waals surface area contributed by atoms with Gasteiger partial charge in [-0.2, -0.15) is 5.10 Å². The number of hydrogen-bond acceptors (Lipinski definition) is 4. The van der Waals surface area contributed by atoms with Crippen molar-refractivity contribution in [1.82, 2.24) is 19.6 Å². The topological polar surface area (TPSA) is 52.3 Å². The molecule has 6 heteroatoms. The summed E-state index contributed by atoms with van der Waals surface area (Å²) in [4.78, 5) is 8.80. The van der Waals surface area contributed by atoms with Crippen molar-refractivity contribution >= 4 is 17.2 Å². The smallest absolute Gasteiger partial charge is 0.155 e. The summed E-state index contributed by atoms with van der Waals surface area (Å²) < 4.78 is 7.20. The van der Waals surface area contributed by atoms with E-state index in [4.69, 9.17) is 16.3 Å². The standard InChI is InChI=1S/C18H13ClN4O/c1-24-16-5-4-13(19)10-15(16)18-14(3-2-7-20-18)12-6-8-23-17(9-12)21-11-22-23/h2-11H,1H3. The number of benzene rings is 1. The number of fused-ring (bicyclic) bond motifs is 1. The van der Waals surface area contributed by atoms with Crippen LogP contribution in [0, 0.1) is 0 Å². The van der Waals surface area contributed by atoms with Crippen molar-refractivity contribution in [1.29, 1.82) is 0 Å². The minimum Gasteiger partial charge on any atom is -0.496 e. The van der Waals surface area contributed by atoms with Gasteiger partial charge in [-0.15, -0.1) is 0 Å². The Morgan fingerprint density at radius 2 is 1.96 bits per heavy atom. The largest absolute Gasteiger partial charge is 0.496 e. The number of nitrogens with zero attached hydrogens (tertiary/aromatic N) is 4. The lowest BCUT2D eigenvalue weighted by molar-refractivity contribution is 0.416. The van der Waals surface area contributed by atoms with Crippen LogP contribution < -0.4 is 4.74 Å². The molecule has 0 atom stereocenters. The average molecular weight is 337 g/mol. The summed E-state index contributed by atoms with van der Waals surface area (Å²) in [5.41, 5.74) is 4.41. The maximum atomic E-state index is 6.18. The van der Waals surface area contributed by atoms with Crippen LogP contribution in [0.25, 0.3) is 28.0 Å². The summed E-state index contributed by atoms with van der Waals surface area (Å²) in [7, 11) is 1.64. The van der Waals surface area contributed by atoms with Crippen LogP contribution in [-0.2, 0) is 0 Å². The molecular weight excluding hydrogens is 324 g/mol. The van der Waals surface area contributed by atoms with Gasteiger partial charge in [0.25, 0.3) is 0 Å². The predicted octanol–water partition coefficient (Wildman–Crippen LogP) is 4.12. The SMILES string of the molecule is COc1ccc(Cl)cc1-c1ncccc1-c1ccn2ncnc2c1. The van der Waals surface area contributed by atoms with Crippen LogP contribution in [0.2, 0.25) is 5.02 Å². The molecule has 0 N–H and O–H groups in total. The van der Waals surface area contributed by atoms with Gasteiger partial charge in [-0.1, -0.05) is 17.7 Å². The van der Waals surface area contributed by atoms with Crippen molar-refractivity contribution < 1.29 is 4.74 Å². The van der Waals surface area contributed by atoms with Crippen LogP contribution in [0.4, 0.5) is 0 Å². The lowest BCUT2D eigenvalue weighted by Gasteiger charge is -2.13. The third-order valence-electron chi connectivity index (χ3n) is 3.82. The van der Waals surface area contributed by atoms with Gasteiger partial charge in [0, 0.05) is 28.5 Å². The molecule has 0 fully saturated rings. The maximum Gasteiger partial charge on any atom is 0.155 e. The highest BCUT2D eigenvalue weighted by atomic mass is 35.5. The van der Waals surface area contributed by atoms with Gasteiger partial charge < -0.3 is 4.74 Å². The van der Waals surface area contributed by atoms with Gasteiger partial charge in [0.2, 0.25) is 0 Å². The fourth-order valence-electron chi connectivity index (χ4n) is 2.70. The number of rotatable bonds is 3. The number of halogens is 1. The van der Waals surface area contributed by atoms with Crippen molar-refractivity contribution in [3.63, 3.8) is 0 Å². The molecule has 0 saturated carbocycles. The maximum absolute atomic E-state index is 6.18. The quantitative estimate of drug-likeness (QED) is 0.564. The Labute approximate surface area is 143 Å². The minimum absolute atomic E-state index is 0.635. The van der Waals surface area contributed by atoms with Crippen molar-refractivity contribution in [3.05, 3.63) is 66.2 Å². The first-order valence-electron chi connectivity index (χ1n) is 7.35. The van der Waals surface area contributed by atoms with E-state index >= 15 is 0 Å². The fraction of sp³-hybridized carbons (Fsp3) is 0.0556. The molecule has 24 heavy (non-hydrogen) atoms. The molecule has 118 valence electrons.